The van der Waals surface area contributed by atoms with E-state index in [1.165, 1.54) is 16.6 Å². The Kier molecular flexibility index (Phi) is 3.62. The number of rotatable bonds is 2. The van der Waals surface area contributed by atoms with Crippen LogP contribution in [0.3, 0.4) is 0 Å². The zero-order valence-corrected chi connectivity index (χ0v) is 12.7. The number of fused-ring (bicyclic) bond motifs is 1. The fourth-order valence-electron chi connectivity index (χ4n) is 2.13. The smallest absolute Gasteiger partial charge is 0.219 e. The van der Waals surface area contributed by atoms with Gasteiger partial charge in [-0.2, -0.15) is 22.0 Å². The van der Waals surface area contributed by atoms with Crippen molar-refractivity contribution in [1.29, 1.82) is 0 Å². The lowest BCUT2D eigenvalue weighted by Gasteiger charge is -2.20. The van der Waals surface area contributed by atoms with Gasteiger partial charge in [-0.3, -0.25) is 0 Å². The predicted octanol–water partition coefficient (Wildman–Crippen LogP) is 4.81. The lowest BCUT2D eigenvalue weighted by Crippen LogP contribution is -2.33. The highest BCUT2D eigenvalue weighted by Gasteiger charge is 2.58. The van der Waals surface area contributed by atoms with Crippen LogP contribution in [0.5, 0.6) is 0 Å². The third-order valence-corrected chi connectivity index (χ3v) is 3.59. The SMILES string of the molecule is FC(F)(F)C(F)(F)c1ccc(-c2cccn3nc(Br)nc23)cc1. The largest absolute Gasteiger partial charge is 0.458 e. The van der Waals surface area contributed by atoms with Crippen molar-refractivity contribution in [1.82, 2.24) is 14.6 Å². The van der Waals surface area contributed by atoms with Crippen molar-refractivity contribution in [2.45, 2.75) is 12.1 Å². The van der Waals surface area contributed by atoms with Crippen LogP contribution in [0, 0.1) is 0 Å². The van der Waals surface area contributed by atoms with E-state index in [0.717, 1.165) is 12.1 Å². The Morgan fingerprint density at radius 2 is 1.61 bits per heavy atom. The van der Waals surface area contributed by atoms with Crippen LogP contribution in [0.15, 0.2) is 47.3 Å². The number of benzene rings is 1. The summed E-state index contributed by atoms with van der Waals surface area (Å²) >= 11 is 3.12. The lowest BCUT2D eigenvalue weighted by atomic mass is 10.0. The minimum atomic E-state index is -5.63. The summed E-state index contributed by atoms with van der Waals surface area (Å²) in [6, 6.07) is 7.27. The summed E-state index contributed by atoms with van der Waals surface area (Å²) in [6.45, 7) is 0. The van der Waals surface area contributed by atoms with E-state index >= 15 is 0 Å². The molecule has 23 heavy (non-hydrogen) atoms. The number of hydrogen-bond donors (Lipinski definition) is 0. The molecule has 0 bridgehead atoms. The van der Waals surface area contributed by atoms with E-state index in [4.69, 9.17) is 0 Å². The predicted molar refractivity (Wildman–Crippen MR) is 76.1 cm³/mol. The van der Waals surface area contributed by atoms with Gasteiger partial charge in [-0.25, -0.2) is 9.50 Å². The van der Waals surface area contributed by atoms with E-state index < -0.39 is 17.7 Å². The zero-order valence-electron chi connectivity index (χ0n) is 11.2. The maximum atomic E-state index is 13.3. The second-order valence-corrected chi connectivity index (χ2v) is 5.43. The summed E-state index contributed by atoms with van der Waals surface area (Å²) in [6.07, 6.45) is -3.99. The number of pyridine rings is 1. The molecule has 9 heteroatoms. The van der Waals surface area contributed by atoms with Gasteiger partial charge in [-0.15, -0.1) is 5.10 Å². The number of alkyl halides is 5. The maximum Gasteiger partial charge on any atom is 0.458 e. The van der Waals surface area contributed by atoms with Gasteiger partial charge in [0.25, 0.3) is 0 Å². The lowest BCUT2D eigenvalue weighted by molar-refractivity contribution is -0.289. The van der Waals surface area contributed by atoms with Gasteiger partial charge < -0.3 is 0 Å². The maximum absolute atomic E-state index is 13.3. The minimum absolute atomic E-state index is 0.338. The third kappa shape index (κ3) is 2.69. The first-order chi connectivity index (χ1) is 10.7. The summed E-state index contributed by atoms with van der Waals surface area (Å²) in [4.78, 5) is 4.14. The van der Waals surface area contributed by atoms with E-state index in [0.29, 0.717) is 21.5 Å². The summed E-state index contributed by atoms with van der Waals surface area (Å²) < 4.78 is 65.5. The van der Waals surface area contributed by atoms with E-state index in [1.54, 1.807) is 18.3 Å². The van der Waals surface area contributed by atoms with Crippen LogP contribution < -0.4 is 0 Å². The molecule has 2 heterocycles. The van der Waals surface area contributed by atoms with Crippen LogP contribution in [0.2, 0.25) is 0 Å². The van der Waals surface area contributed by atoms with Crippen molar-refractivity contribution < 1.29 is 22.0 Å². The summed E-state index contributed by atoms with van der Waals surface area (Å²) in [7, 11) is 0. The minimum Gasteiger partial charge on any atom is -0.219 e. The van der Waals surface area contributed by atoms with Gasteiger partial charge in [-0.1, -0.05) is 24.3 Å². The zero-order chi connectivity index (χ0) is 16.8. The van der Waals surface area contributed by atoms with Crippen molar-refractivity contribution in [2.75, 3.05) is 0 Å². The number of aromatic nitrogens is 3. The topological polar surface area (TPSA) is 30.2 Å². The molecule has 3 nitrogen and oxygen atoms in total. The van der Waals surface area contributed by atoms with E-state index in [2.05, 4.69) is 26.0 Å². The van der Waals surface area contributed by atoms with Crippen molar-refractivity contribution in [3.05, 3.63) is 52.9 Å². The highest BCUT2D eigenvalue weighted by atomic mass is 79.9. The second kappa shape index (κ2) is 5.26. The van der Waals surface area contributed by atoms with Crippen molar-refractivity contribution in [2.24, 2.45) is 0 Å². The van der Waals surface area contributed by atoms with Crippen LogP contribution in [0.25, 0.3) is 16.8 Å². The van der Waals surface area contributed by atoms with Gasteiger partial charge in [0, 0.05) is 17.3 Å². The molecule has 0 radical (unpaired) electrons. The normalized spacial score (nSPS) is 12.8. The van der Waals surface area contributed by atoms with Gasteiger partial charge in [0.1, 0.15) is 0 Å². The van der Waals surface area contributed by atoms with E-state index in [1.807, 2.05) is 0 Å². The molecule has 3 aromatic rings. The first-order valence-electron chi connectivity index (χ1n) is 6.26. The van der Waals surface area contributed by atoms with Crippen LogP contribution in [0.1, 0.15) is 5.56 Å². The molecule has 1 aromatic carbocycles. The van der Waals surface area contributed by atoms with Crippen LogP contribution in [-0.4, -0.2) is 20.8 Å². The van der Waals surface area contributed by atoms with Gasteiger partial charge >= 0.3 is 12.1 Å². The molecular formula is C14H7BrF5N3. The fourth-order valence-corrected chi connectivity index (χ4v) is 2.47. The number of halogens is 6. The molecular weight excluding hydrogens is 385 g/mol. The average Bonchev–Trinajstić information content (AvgIpc) is 2.86. The molecule has 0 saturated carbocycles. The Morgan fingerprint density at radius 3 is 2.22 bits per heavy atom. The molecule has 120 valence electrons. The van der Waals surface area contributed by atoms with Gasteiger partial charge in [0.05, 0.1) is 0 Å². The number of nitrogens with zero attached hydrogens (tertiary/aromatic N) is 3. The fraction of sp³-hybridized carbons (Fsp3) is 0.143. The Morgan fingerprint density at radius 1 is 0.957 bits per heavy atom. The molecule has 0 unspecified atom stereocenters. The second-order valence-electron chi connectivity index (χ2n) is 4.72. The molecule has 0 aliphatic rings. The van der Waals surface area contributed by atoms with Gasteiger partial charge in [0.2, 0.25) is 4.73 Å². The first-order valence-corrected chi connectivity index (χ1v) is 7.06. The molecule has 0 fully saturated rings. The van der Waals surface area contributed by atoms with Crippen LogP contribution >= 0.6 is 15.9 Å². The Balaban J connectivity index is 2.05. The highest BCUT2D eigenvalue weighted by molar-refractivity contribution is 9.10. The van der Waals surface area contributed by atoms with E-state index in [-0.39, 0.29) is 0 Å². The standard InChI is InChI=1S/C14H7BrF5N3/c15-12-21-11-10(2-1-7-23(11)22-12)8-3-5-9(6-4-8)13(16,17)14(18,19)20/h1-7H. The molecule has 0 aliphatic carbocycles. The molecule has 0 spiro atoms. The highest BCUT2D eigenvalue weighted by Crippen LogP contribution is 2.44. The summed E-state index contributed by atoms with van der Waals surface area (Å²) in [5.41, 5.74) is 0.364. The van der Waals surface area contributed by atoms with Crippen molar-refractivity contribution in [3.63, 3.8) is 0 Å². The van der Waals surface area contributed by atoms with Crippen molar-refractivity contribution >= 4 is 21.6 Å². The van der Waals surface area contributed by atoms with Crippen LogP contribution in [-0.2, 0) is 5.92 Å². The molecule has 3 rings (SSSR count). The van der Waals surface area contributed by atoms with Gasteiger partial charge in [-0.05, 0) is 33.6 Å². The molecule has 0 saturated heterocycles. The molecule has 2 aromatic heterocycles. The number of hydrogen-bond acceptors (Lipinski definition) is 2. The molecule has 0 amide bonds. The Labute approximate surface area is 134 Å². The van der Waals surface area contributed by atoms with Crippen molar-refractivity contribution in [3.8, 4) is 11.1 Å². The van der Waals surface area contributed by atoms with Crippen LogP contribution in [0.4, 0.5) is 22.0 Å². The average molecular weight is 392 g/mol. The quantitative estimate of drug-likeness (QED) is 0.586. The molecule has 0 aliphatic heterocycles. The third-order valence-electron chi connectivity index (χ3n) is 3.25. The Hall–Kier alpha value is -2.03. The summed E-state index contributed by atoms with van der Waals surface area (Å²) in [5, 5.41) is 4.04. The van der Waals surface area contributed by atoms with Gasteiger partial charge in [0.15, 0.2) is 5.65 Å². The monoisotopic (exact) mass is 391 g/mol. The molecule has 0 N–H and O–H groups in total. The summed E-state index contributed by atoms with van der Waals surface area (Å²) in [5.74, 6) is -4.89. The molecule has 0 atom stereocenters. The Bertz CT molecular complexity index is 855. The first kappa shape index (κ1) is 15.9. The van der Waals surface area contributed by atoms with E-state index in [9.17, 15) is 22.0 Å².